The molecule has 106 valence electrons. The maximum absolute atomic E-state index is 6.23. The van der Waals surface area contributed by atoms with E-state index in [2.05, 4.69) is 30.1 Å². The van der Waals surface area contributed by atoms with Gasteiger partial charge in [0.15, 0.2) is 0 Å². The monoisotopic (exact) mass is 280 g/mol. The van der Waals surface area contributed by atoms with Crippen LogP contribution in [0.25, 0.3) is 0 Å². The maximum atomic E-state index is 6.23. The highest BCUT2D eigenvalue weighted by Gasteiger charge is 2.17. The van der Waals surface area contributed by atoms with Crippen LogP contribution >= 0.6 is 11.6 Å². The molecule has 1 aliphatic heterocycles. The topological polar surface area (TPSA) is 15.3 Å². The summed E-state index contributed by atoms with van der Waals surface area (Å²) in [5.74, 6) is 0. The maximum Gasteiger partial charge on any atom is 0.0453 e. The van der Waals surface area contributed by atoms with Gasteiger partial charge in [0.2, 0.25) is 0 Å². The van der Waals surface area contributed by atoms with Crippen molar-refractivity contribution in [2.45, 2.75) is 45.2 Å². The third kappa shape index (κ3) is 4.20. The third-order valence-electron chi connectivity index (χ3n) is 4.11. The quantitative estimate of drug-likeness (QED) is 0.881. The second-order valence-electron chi connectivity index (χ2n) is 5.60. The summed E-state index contributed by atoms with van der Waals surface area (Å²) in [5.41, 5.74) is 1.19. The molecule has 19 heavy (non-hydrogen) atoms. The normalized spacial score (nSPS) is 20.2. The van der Waals surface area contributed by atoms with Gasteiger partial charge in [0.05, 0.1) is 0 Å². The largest absolute Gasteiger partial charge is 0.309 e. The predicted molar refractivity (Wildman–Crippen MR) is 82.8 cm³/mol. The van der Waals surface area contributed by atoms with Crippen molar-refractivity contribution < 1.29 is 0 Å². The lowest BCUT2D eigenvalue weighted by molar-refractivity contribution is 0.168. The molecule has 1 N–H and O–H groups in total. The fourth-order valence-corrected chi connectivity index (χ4v) is 3.07. The van der Waals surface area contributed by atoms with Crippen molar-refractivity contribution in [1.82, 2.24) is 10.2 Å². The van der Waals surface area contributed by atoms with Gasteiger partial charge in [0, 0.05) is 23.7 Å². The zero-order chi connectivity index (χ0) is 13.7. The molecule has 1 aliphatic rings. The standard InChI is InChI=1S/C16H25ClN2/c1-13(19-10-6-3-7-11-19)12-18-14(2)15-8-4-5-9-16(15)17/h4-5,8-9,13-14,18H,3,6-7,10-12H2,1-2H3. The number of halogens is 1. The Balaban J connectivity index is 1.82. The molecule has 2 atom stereocenters. The van der Waals surface area contributed by atoms with Crippen molar-refractivity contribution in [3.05, 3.63) is 34.9 Å². The molecule has 1 fully saturated rings. The van der Waals surface area contributed by atoms with Gasteiger partial charge in [0.1, 0.15) is 0 Å². The minimum absolute atomic E-state index is 0.306. The average Bonchev–Trinajstić information content (AvgIpc) is 2.46. The van der Waals surface area contributed by atoms with Gasteiger partial charge in [-0.2, -0.15) is 0 Å². The molecule has 0 bridgehead atoms. The first-order valence-corrected chi connectivity index (χ1v) is 7.78. The minimum atomic E-state index is 0.306. The fraction of sp³-hybridized carbons (Fsp3) is 0.625. The molecule has 1 aromatic rings. The number of hydrogen-bond donors (Lipinski definition) is 1. The molecular formula is C16H25ClN2. The molecule has 1 saturated heterocycles. The van der Waals surface area contributed by atoms with Crippen LogP contribution in [0.3, 0.4) is 0 Å². The smallest absolute Gasteiger partial charge is 0.0453 e. The summed E-state index contributed by atoms with van der Waals surface area (Å²) < 4.78 is 0. The summed E-state index contributed by atoms with van der Waals surface area (Å²) >= 11 is 6.23. The van der Waals surface area contributed by atoms with E-state index in [1.807, 2.05) is 18.2 Å². The molecular weight excluding hydrogens is 256 g/mol. The SMILES string of the molecule is CC(NCC(C)N1CCCCC1)c1ccccc1Cl. The molecule has 2 nitrogen and oxygen atoms in total. The van der Waals surface area contributed by atoms with E-state index in [4.69, 9.17) is 11.6 Å². The Hall–Kier alpha value is -0.570. The Labute approximate surface area is 122 Å². The summed E-state index contributed by atoms with van der Waals surface area (Å²) in [4.78, 5) is 2.59. The van der Waals surface area contributed by atoms with Gasteiger partial charge in [-0.05, 0) is 51.4 Å². The van der Waals surface area contributed by atoms with Crippen LogP contribution in [0.5, 0.6) is 0 Å². The van der Waals surface area contributed by atoms with Crippen LogP contribution in [0.4, 0.5) is 0 Å². The van der Waals surface area contributed by atoms with Gasteiger partial charge in [-0.1, -0.05) is 36.2 Å². The molecule has 0 spiro atoms. The van der Waals surface area contributed by atoms with Gasteiger partial charge < -0.3 is 5.32 Å². The Morgan fingerprint density at radius 2 is 1.84 bits per heavy atom. The van der Waals surface area contributed by atoms with Gasteiger partial charge in [-0.15, -0.1) is 0 Å². The first-order valence-electron chi connectivity index (χ1n) is 7.40. The van der Waals surface area contributed by atoms with E-state index in [1.54, 1.807) is 0 Å². The number of likely N-dealkylation sites (tertiary alicyclic amines) is 1. The van der Waals surface area contributed by atoms with Crippen LogP contribution in [0.2, 0.25) is 5.02 Å². The second-order valence-corrected chi connectivity index (χ2v) is 6.00. The molecule has 1 heterocycles. The molecule has 2 rings (SSSR count). The van der Waals surface area contributed by atoms with Crippen LogP contribution in [0.15, 0.2) is 24.3 Å². The van der Waals surface area contributed by atoms with Crippen LogP contribution in [-0.4, -0.2) is 30.6 Å². The zero-order valence-corrected chi connectivity index (χ0v) is 12.8. The minimum Gasteiger partial charge on any atom is -0.309 e. The second kappa shape index (κ2) is 7.28. The Kier molecular flexibility index (Phi) is 5.68. The van der Waals surface area contributed by atoms with Crippen LogP contribution in [0.1, 0.15) is 44.7 Å². The molecule has 0 radical (unpaired) electrons. The lowest BCUT2D eigenvalue weighted by Crippen LogP contribution is -2.43. The van der Waals surface area contributed by atoms with Crippen LogP contribution < -0.4 is 5.32 Å². The van der Waals surface area contributed by atoms with Crippen molar-refractivity contribution in [2.75, 3.05) is 19.6 Å². The van der Waals surface area contributed by atoms with E-state index in [0.717, 1.165) is 11.6 Å². The molecule has 0 aliphatic carbocycles. The van der Waals surface area contributed by atoms with E-state index in [-0.39, 0.29) is 0 Å². The lowest BCUT2D eigenvalue weighted by atomic mass is 10.1. The van der Waals surface area contributed by atoms with Gasteiger partial charge in [0.25, 0.3) is 0 Å². The first-order chi connectivity index (χ1) is 9.18. The summed E-state index contributed by atoms with van der Waals surface area (Å²) in [7, 11) is 0. The summed E-state index contributed by atoms with van der Waals surface area (Å²) in [6.45, 7) is 8.03. The van der Waals surface area contributed by atoms with Crippen molar-refractivity contribution in [3.8, 4) is 0 Å². The molecule has 3 heteroatoms. The summed E-state index contributed by atoms with van der Waals surface area (Å²) in [6, 6.07) is 9.00. The Morgan fingerprint density at radius 1 is 1.16 bits per heavy atom. The lowest BCUT2D eigenvalue weighted by Gasteiger charge is -2.33. The zero-order valence-electron chi connectivity index (χ0n) is 12.0. The van der Waals surface area contributed by atoms with Gasteiger partial charge in [-0.25, -0.2) is 0 Å². The van der Waals surface area contributed by atoms with E-state index in [9.17, 15) is 0 Å². The molecule has 0 saturated carbocycles. The van der Waals surface area contributed by atoms with Crippen LogP contribution in [0, 0.1) is 0 Å². The van der Waals surface area contributed by atoms with Gasteiger partial charge in [-0.3, -0.25) is 4.90 Å². The molecule has 2 unspecified atom stereocenters. The molecule has 0 amide bonds. The number of rotatable bonds is 5. The number of hydrogen-bond acceptors (Lipinski definition) is 2. The van der Waals surface area contributed by atoms with Crippen LogP contribution in [-0.2, 0) is 0 Å². The Bertz CT molecular complexity index is 388. The van der Waals surface area contributed by atoms with Crippen molar-refractivity contribution in [1.29, 1.82) is 0 Å². The predicted octanol–water partition coefficient (Wildman–Crippen LogP) is 3.87. The summed E-state index contributed by atoms with van der Waals surface area (Å²) in [5, 5.41) is 4.47. The number of nitrogens with one attached hydrogen (secondary N) is 1. The van der Waals surface area contributed by atoms with E-state index in [1.165, 1.54) is 37.9 Å². The first kappa shape index (κ1) is 14.8. The van der Waals surface area contributed by atoms with Crippen molar-refractivity contribution in [3.63, 3.8) is 0 Å². The Morgan fingerprint density at radius 3 is 2.53 bits per heavy atom. The van der Waals surface area contributed by atoms with Gasteiger partial charge >= 0.3 is 0 Å². The average molecular weight is 281 g/mol. The van der Waals surface area contributed by atoms with Crippen molar-refractivity contribution >= 4 is 11.6 Å². The number of benzene rings is 1. The highest BCUT2D eigenvalue weighted by Crippen LogP contribution is 2.22. The number of piperidine rings is 1. The van der Waals surface area contributed by atoms with E-state index >= 15 is 0 Å². The van der Waals surface area contributed by atoms with Crippen molar-refractivity contribution in [2.24, 2.45) is 0 Å². The molecule has 1 aromatic carbocycles. The number of nitrogens with zero attached hydrogens (tertiary/aromatic N) is 1. The fourth-order valence-electron chi connectivity index (χ4n) is 2.77. The third-order valence-corrected chi connectivity index (χ3v) is 4.45. The highest BCUT2D eigenvalue weighted by atomic mass is 35.5. The summed E-state index contributed by atoms with van der Waals surface area (Å²) in [6.07, 6.45) is 4.10. The molecule has 0 aromatic heterocycles. The highest BCUT2D eigenvalue weighted by molar-refractivity contribution is 6.31. The van der Waals surface area contributed by atoms with E-state index in [0.29, 0.717) is 12.1 Å². The van der Waals surface area contributed by atoms with E-state index < -0.39 is 0 Å².